The number of carbonyl (C=O) groups excluding carboxylic acids is 1. The minimum absolute atomic E-state index is 0.0421. The smallest absolute Gasteiger partial charge is 0.253 e. The van der Waals surface area contributed by atoms with Crippen LogP contribution >= 0.6 is 11.3 Å². The van der Waals surface area contributed by atoms with E-state index in [0.717, 1.165) is 22.0 Å². The largest absolute Gasteiger partial charge is 0.497 e. The first-order chi connectivity index (χ1) is 13.0. The van der Waals surface area contributed by atoms with Gasteiger partial charge in [0.25, 0.3) is 5.91 Å². The van der Waals surface area contributed by atoms with Crippen LogP contribution in [0, 0.1) is 6.92 Å². The van der Waals surface area contributed by atoms with E-state index in [4.69, 9.17) is 9.47 Å². The highest BCUT2D eigenvalue weighted by atomic mass is 32.1. The topological polar surface area (TPSA) is 51.7 Å². The van der Waals surface area contributed by atoms with E-state index in [-0.39, 0.29) is 5.91 Å². The molecule has 6 heteroatoms. The summed E-state index contributed by atoms with van der Waals surface area (Å²) in [5.74, 6) is 1.46. The van der Waals surface area contributed by atoms with Crippen LogP contribution in [0.5, 0.6) is 11.5 Å². The van der Waals surface area contributed by atoms with Crippen LogP contribution in [0.25, 0.3) is 0 Å². The van der Waals surface area contributed by atoms with Gasteiger partial charge in [-0.05, 0) is 48.9 Å². The van der Waals surface area contributed by atoms with Gasteiger partial charge in [-0.15, -0.1) is 11.3 Å². The van der Waals surface area contributed by atoms with Crippen LogP contribution in [-0.2, 0) is 13.2 Å². The number of thiazole rings is 1. The van der Waals surface area contributed by atoms with Crippen molar-refractivity contribution in [2.45, 2.75) is 20.1 Å². The molecule has 0 aliphatic rings. The number of carbonyl (C=O) groups is 1. The molecule has 0 fully saturated rings. The molecule has 0 aliphatic carbocycles. The lowest BCUT2D eigenvalue weighted by atomic mass is 10.1. The number of rotatable bonds is 7. The van der Waals surface area contributed by atoms with E-state index in [1.165, 1.54) is 0 Å². The van der Waals surface area contributed by atoms with E-state index in [1.807, 2.05) is 48.7 Å². The van der Waals surface area contributed by atoms with Crippen LogP contribution < -0.4 is 9.47 Å². The predicted octanol–water partition coefficient (Wildman–Crippen LogP) is 4.31. The molecule has 1 amide bonds. The summed E-state index contributed by atoms with van der Waals surface area (Å²) in [6.07, 6.45) is 0. The summed E-state index contributed by atoms with van der Waals surface area (Å²) < 4.78 is 11.0. The maximum atomic E-state index is 12.6. The van der Waals surface area contributed by atoms with Gasteiger partial charge in [0.1, 0.15) is 18.1 Å². The molecule has 1 aromatic heterocycles. The second-order valence-corrected chi connectivity index (χ2v) is 7.25. The monoisotopic (exact) mass is 382 g/mol. The molecule has 2 aromatic carbocycles. The maximum absolute atomic E-state index is 12.6. The Morgan fingerprint density at radius 3 is 2.59 bits per heavy atom. The Balaban J connectivity index is 1.58. The number of ether oxygens (including phenoxy) is 2. The second-order valence-electron chi connectivity index (χ2n) is 6.18. The van der Waals surface area contributed by atoms with E-state index < -0.39 is 0 Å². The van der Waals surface area contributed by atoms with Crippen molar-refractivity contribution in [2.24, 2.45) is 0 Å². The first-order valence-electron chi connectivity index (χ1n) is 8.57. The highest BCUT2D eigenvalue weighted by Gasteiger charge is 2.12. The van der Waals surface area contributed by atoms with Crippen LogP contribution in [-0.4, -0.2) is 29.9 Å². The average Bonchev–Trinajstić information content (AvgIpc) is 3.11. The molecular formula is C21H22N2O3S. The number of aromatic nitrogens is 1. The highest BCUT2D eigenvalue weighted by molar-refractivity contribution is 7.09. The van der Waals surface area contributed by atoms with Gasteiger partial charge in [-0.3, -0.25) is 4.79 Å². The molecule has 0 aliphatic heterocycles. The van der Waals surface area contributed by atoms with Crippen LogP contribution in [0.4, 0.5) is 0 Å². The third-order valence-corrected chi connectivity index (χ3v) is 4.88. The lowest BCUT2D eigenvalue weighted by Crippen LogP contribution is -2.26. The standard InChI is InChI=1S/C21H22N2O3S/c1-15-22-18(14-27-15)13-26-19-9-7-17(8-10-19)21(24)23(2)12-16-5-4-6-20(11-16)25-3/h4-11,14H,12-13H2,1-3H3. The zero-order chi connectivity index (χ0) is 19.2. The number of amides is 1. The number of methoxy groups -OCH3 is 1. The van der Waals surface area contributed by atoms with Crippen molar-refractivity contribution in [3.8, 4) is 11.5 Å². The van der Waals surface area contributed by atoms with Gasteiger partial charge in [-0.25, -0.2) is 4.98 Å². The van der Waals surface area contributed by atoms with E-state index in [2.05, 4.69) is 4.98 Å². The molecule has 0 spiro atoms. The predicted molar refractivity (Wildman–Crippen MR) is 106 cm³/mol. The minimum atomic E-state index is -0.0421. The van der Waals surface area contributed by atoms with Crippen molar-refractivity contribution in [3.63, 3.8) is 0 Å². The van der Waals surface area contributed by atoms with Crippen LogP contribution in [0.1, 0.15) is 26.6 Å². The molecule has 0 saturated carbocycles. The summed E-state index contributed by atoms with van der Waals surface area (Å²) in [6.45, 7) is 2.90. The Hall–Kier alpha value is -2.86. The Morgan fingerprint density at radius 2 is 1.93 bits per heavy atom. The molecule has 27 heavy (non-hydrogen) atoms. The average molecular weight is 382 g/mol. The molecule has 3 aromatic rings. The molecular weight excluding hydrogens is 360 g/mol. The third kappa shape index (κ3) is 5.08. The molecule has 140 valence electrons. The van der Waals surface area contributed by atoms with Gasteiger partial charge in [-0.1, -0.05) is 12.1 Å². The summed E-state index contributed by atoms with van der Waals surface area (Å²) >= 11 is 1.60. The van der Waals surface area contributed by atoms with Gasteiger partial charge in [0, 0.05) is 24.5 Å². The van der Waals surface area contributed by atoms with Crippen molar-refractivity contribution in [2.75, 3.05) is 14.2 Å². The highest BCUT2D eigenvalue weighted by Crippen LogP contribution is 2.18. The molecule has 0 N–H and O–H groups in total. The molecule has 5 nitrogen and oxygen atoms in total. The van der Waals surface area contributed by atoms with Gasteiger partial charge >= 0.3 is 0 Å². The fourth-order valence-electron chi connectivity index (χ4n) is 2.66. The number of hydrogen-bond donors (Lipinski definition) is 0. The maximum Gasteiger partial charge on any atom is 0.253 e. The quantitative estimate of drug-likeness (QED) is 0.611. The van der Waals surface area contributed by atoms with Gasteiger partial charge in [-0.2, -0.15) is 0 Å². The lowest BCUT2D eigenvalue weighted by molar-refractivity contribution is 0.0785. The third-order valence-electron chi connectivity index (χ3n) is 4.06. The number of aryl methyl sites for hydroxylation is 1. The number of hydrogen-bond acceptors (Lipinski definition) is 5. The summed E-state index contributed by atoms with van der Waals surface area (Å²) in [6, 6.07) is 14.9. The number of nitrogens with zero attached hydrogens (tertiary/aromatic N) is 2. The van der Waals surface area contributed by atoms with Crippen molar-refractivity contribution in [1.82, 2.24) is 9.88 Å². The fraction of sp³-hybridized carbons (Fsp3) is 0.238. The Bertz CT molecular complexity index is 906. The fourth-order valence-corrected chi connectivity index (χ4v) is 3.26. The van der Waals surface area contributed by atoms with Crippen molar-refractivity contribution in [1.29, 1.82) is 0 Å². The van der Waals surface area contributed by atoms with Crippen molar-refractivity contribution in [3.05, 3.63) is 75.7 Å². The van der Waals surface area contributed by atoms with E-state index >= 15 is 0 Å². The summed E-state index contributed by atoms with van der Waals surface area (Å²) in [4.78, 5) is 18.7. The first-order valence-corrected chi connectivity index (χ1v) is 9.45. The van der Waals surface area contributed by atoms with Crippen LogP contribution in [0.3, 0.4) is 0 Å². The van der Waals surface area contributed by atoms with Gasteiger partial charge in [0.2, 0.25) is 0 Å². The van der Waals surface area contributed by atoms with E-state index in [0.29, 0.717) is 24.5 Å². The minimum Gasteiger partial charge on any atom is -0.497 e. The first kappa shape index (κ1) is 18.9. The van der Waals surface area contributed by atoms with Crippen LogP contribution in [0.15, 0.2) is 53.9 Å². The molecule has 3 rings (SSSR count). The SMILES string of the molecule is COc1cccc(CN(C)C(=O)c2ccc(OCc3csc(C)n3)cc2)c1. The van der Waals surface area contributed by atoms with Gasteiger partial charge in [0.05, 0.1) is 17.8 Å². The zero-order valence-electron chi connectivity index (χ0n) is 15.6. The van der Waals surface area contributed by atoms with E-state index in [9.17, 15) is 4.79 Å². The molecule has 1 heterocycles. The van der Waals surface area contributed by atoms with Crippen molar-refractivity contribution < 1.29 is 14.3 Å². The Labute approximate surface area is 163 Å². The Kier molecular flexibility index (Phi) is 6.08. The molecule has 0 atom stereocenters. The molecule has 0 radical (unpaired) electrons. The molecule has 0 saturated heterocycles. The van der Waals surface area contributed by atoms with E-state index in [1.54, 1.807) is 42.5 Å². The zero-order valence-corrected chi connectivity index (χ0v) is 16.5. The second kappa shape index (κ2) is 8.68. The molecule has 0 unspecified atom stereocenters. The van der Waals surface area contributed by atoms with Crippen LogP contribution in [0.2, 0.25) is 0 Å². The molecule has 0 bridgehead atoms. The summed E-state index contributed by atoms with van der Waals surface area (Å²) in [7, 11) is 3.42. The Morgan fingerprint density at radius 1 is 1.15 bits per heavy atom. The van der Waals surface area contributed by atoms with Gasteiger partial charge < -0.3 is 14.4 Å². The summed E-state index contributed by atoms with van der Waals surface area (Å²) in [5, 5.41) is 3.01. The summed E-state index contributed by atoms with van der Waals surface area (Å²) in [5.41, 5.74) is 2.55. The lowest BCUT2D eigenvalue weighted by Gasteiger charge is -2.18. The number of benzene rings is 2. The normalized spacial score (nSPS) is 10.5. The van der Waals surface area contributed by atoms with Crippen molar-refractivity contribution >= 4 is 17.2 Å². The van der Waals surface area contributed by atoms with Gasteiger partial charge in [0.15, 0.2) is 0 Å².